The summed E-state index contributed by atoms with van der Waals surface area (Å²) in [5, 5.41) is 12.2. The number of carbonyl (C=O) groups excluding carboxylic acids is 1. The number of nitrogens with zero attached hydrogens (tertiary/aromatic N) is 4. The molecule has 0 unspecified atom stereocenters. The molecule has 1 N–H and O–H groups in total. The summed E-state index contributed by atoms with van der Waals surface area (Å²) in [4.78, 5) is 14.3. The number of rotatable bonds is 6. The van der Waals surface area contributed by atoms with Crippen LogP contribution in [0.5, 0.6) is 0 Å². The zero-order valence-corrected chi connectivity index (χ0v) is 16.3. The van der Waals surface area contributed by atoms with Crippen LogP contribution < -0.4 is 10.2 Å². The van der Waals surface area contributed by atoms with Crippen molar-refractivity contribution in [2.24, 2.45) is 0 Å². The van der Waals surface area contributed by atoms with E-state index in [1.807, 2.05) is 28.8 Å². The number of ether oxygens (including phenoxy) is 1. The fourth-order valence-electron chi connectivity index (χ4n) is 2.52. The Balaban J connectivity index is 1.59. The Morgan fingerprint density at radius 1 is 1.28 bits per heavy atom. The van der Waals surface area contributed by atoms with Gasteiger partial charge in [0.15, 0.2) is 5.16 Å². The van der Waals surface area contributed by atoms with Crippen LogP contribution in [0.3, 0.4) is 0 Å². The molecule has 1 aromatic heterocycles. The van der Waals surface area contributed by atoms with E-state index < -0.39 is 0 Å². The van der Waals surface area contributed by atoms with Gasteiger partial charge < -0.3 is 15.0 Å². The van der Waals surface area contributed by atoms with Crippen molar-refractivity contribution in [1.82, 2.24) is 14.8 Å². The lowest BCUT2D eigenvalue weighted by Gasteiger charge is -2.27. The van der Waals surface area contributed by atoms with Gasteiger partial charge in [-0.15, -0.1) is 10.2 Å². The molecule has 1 aromatic carbocycles. The SMILES string of the molecule is CCn1c(SCC(=O)Nc2ccc(Br)cc2)nnc1N1CCOCC1. The van der Waals surface area contributed by atoms with Crippen molar-refractivity contribution in [2.45, 2.75) is 18.6 Å². The molecule has 0 bridgehead atoms. The van der Waals surface area contributed by atoms with Crippen molar-refractivity contribution >= 4 is 45.2 Å². The zero-order chi connectivity index (χ0) is 17.6. The van der Waals surface area contributed by atoms with Gasteiger partial charge in [0, 0.05) is 29.8 Å². The minimum absolute atomic E-state index is 0.0640. The molecule has 1 amide bonds. The maximum Gasteiger partial charge on any atom is 0.234 e. The number of nitrogens with one attached hydrogen (secondary N) is 1. The van der Waals surface area contributed by atoms with Crippen LogP contribution in [0.4, 0.5) is 11.6 Å². The van der Waals surface area contributed by atoms with Crippen LogP contribution in [-0.2, 0) is 16.1 Å². The first-order chi connectivity index (χ1) is 12.2. The lowest BCUT2D eigenvalue weighted by atomic mass is 10.3. The van der Waals surface area contributed by atoms with Crippen LogP contribution in [0.15, 0.2) is 33.9 Å². The number of aromatic nitrogens is 3. The predicted octanol–water partition coefficient (Wildman–Crippen LogP) is 2.63. The predicted molar refractivity (Wildman–Crippen MR) is 102 cm³/mol. The van der Waals surface area contributed by atoms with Crippen molar-refractivity contribution < 1.29 is 9.53 Å². The third-order valence-corrected chi connectivity index (χ3v) is 5.26. The third-order valence-electron chi connectivity index (χ3n) is 3.77. The minimum Gasteiger partial charge on any atom is -0.378 e. The molecule has 9 heteroatoms. The van der Waals surface area contributed by atoms with E-state index in [1.165, 1.54) is 11.8 Å². The Morgan fingerprint density at radius 2 is 2.00 bits per heavy atom. The van der Waals surface area contributed by atoms with E-state index in [0.29, 0.717) is 13.2 Å². The summed E-state index contributed by atoms with van der Waals surface area (Å²) >= 11 is 4.77. The molecule has 2 heterocycles. The molecule has 1 fully saturated rings. The number of halogens is 1. The summed E-state index contributed by atoms with van der Waals surface area (Å²) in [7, 11) is 0. The van der Waals surface area contributed by atoms with Crippen molar-refractivity contribution in [3.8, 4) is 0 Å². The Bertz CT molecular complexity index is 716. The topological polar surface area (TPSA) is 72.3 Å². The number of hydrogen-bond acceptors (Lipinski definition) is 6. The van der Waals surface area contributed by atoms with Gasteiger partial charge in [-0.25, -0.2) is 0 Å². The molecule has 0 atom stereocenters. The van der Waals surface area contributed by atoms with E-state index in [0.717, 1.165) is 40.9 Å². The Labute approximate surface area is 159 Å². The van der Waals surface area contributed by atoms with Crippen LogP contribution in [0.25, 0.3) is 0 Å². The first-order valence-electron chi connectivity index (χ1n) is 8.11. The van der Waals surface area contributed by atoms with Gasteiger partial charge in [0.25, 0.3) is 0 Å². The first kappa shape index (κ1) is 18.2. The monoisotopic (exact) mass is 425 g/mol. The Kier molecular flexibility index (Phi) is 6.33. The molecule has 3 rings (SSSR count). The van der Waals surface area contributed by atoms with Crippen molar-refractivity contribution in [1.29, 1.82) is 0 Å². The van der Waals surface area contributed by atoms with E-state index in [-0.39, 0.29) is 11.7 Å². The fourth-order valence-corrected chi connectivity index (χ4v) is 3.58. The average Bonchev–Trinajstić information content (AvgIpc) is 3.05. The van der Waals surface area contributed by atoms with Crippen molar-refractivity contribution in [2.75, 3.05) is 42.3 Å². The molecule has 1 aliphatic heterocycles. The molecular weight excluding hydrogens is 406 g/mol. The molecular formula is C16H20BrN5O2S. The van der Waals surface area contributed by atoms with Crippen molar-refractivity contribution in [3.63, 3.8) is 0 Å². The lowest BCUT2D eigenvalue weighted by molar-refractivity contribution is -0.113. The second kappa shape index (κ2) is 8.68. The summed E-state index contributed by atoms with van der Waals surface area (Å²) in [6.45, 7) is 5.85. The van der Waals surface area contributed by atoms with E-state index in [2.05, 4.69) is 43.3 Å². The average molecular weight is 426 g/mol. The van der Waals surface area contributed by atoms with Crippen LogP contribution in [-0.4, -0.2) is 52.7 Å². The highest BCUT2D eigenvalue weighted by Crippen LogP contribution is 2.23. The fraction of sp³-hybridized carbons (Fsp3) is 0.438. The van der Waals surface area contributed by atoms with Gasteiger partial charge in [0.1, 0.15) is 0 Å². The van der Waals surface area contributed by atoms with Gasteiger partial charge in [-0.3, -0.25) is 9.36 Å². The Hall–Kier alpha value is -1.58. The number of morpholine rings is 1. The highest BCUT2D eigenvalue weighted by Gasteiger charge is 2.20. The number of anilines is 2. The van der Waals surface area contributed by atoms with Gasteiger partial charge in [-0.05, 0) is 31.2 Å². The summed E-state index contributed by atoms with van der Waals surface area (Å²) in [5.41, 5.74) is 0.778. The summed E-state index contributed by atoms with van der Waals surface area (Å²) in [5.74, 6) is 1.07. The first-order valence-corrected chi connectivity index (χ1v) is 9.89. The molecule has 0 aliphatic carbocycles. The summed E-state index contributed by atoms with van der Waals surface area (Å²) in [6.07, 6.45) is 0. The maximum atomic E-state index is 12.2. The Morgan fingerprint density at radius 3 is 2.68 bits per heavy atom. The number of carbonyl (C=O) groups is 1. The van der Waals surface area contributed by atoms with Crippen LogP contribution in [0.1, 0.15) is 6.92 Å². The number of hydrogen-bond donors (Lipinski definition) is 1. The molecule has 0 radical (unpaired) electrons. The number of thioether (sulfide) groups is 1. The summed E-state index contributed by atoms with van der Waals surface area (Å²) in [6, 6.07) is 7.51. The molecule has 2 aromatic rings. The molecule has 7 nitrogen and oxygen atoms in total. The second-order valence-corrected chi connectivity index (χ2v) is 7.33. The van der Waals surface area contributed by atoms with Gasteiger partial charge in [0.05, 0.1) is 19.0 Å². The second-order valence-electron chi connectivity index (χ2n) is 5.47. The van der Waals surface area contributed by atoms with Crippen LogP contribution >= 0.6 is 27.7 Å². The van der Waals surface area contributed by atoms with E-state index >= 15 is 0 Å². The molecule has 25 heavy (non-hydrogen) atoms. The van der Waals surface area contributed by atoms with Gasteiger partial charge >= 0.3 is 0 Å². The lowest BCUT2D eigenvalue weighted by Crippen LogP contribution is -2.38. The molecule has 0 spiro atoms. The normalized spacial score (nSPS) is 14.6. The third kappa shape index (κ3) is 4.74. The van der Waals surface area contributed by atoms with E-state index in [1.54, 1.807) is 0 Å². The van der Waals surface area contributed by atoms with Gasteiger partial charge in [-0.1, -0.05) is 27.7 Å². The number of benzene rings is 1. The quantitative estimate of drug-likeness (QED) is 0.717. The van der Waals surface area contributed by atoms with Gasteiger partial charge in [0.2, 0.25) is 11.9 Å². The molecule has 0 saturated carbocycles. The summed E-state index contributed by atoms with van der Waals surface area (Å²) < 4.78 is 8.41. The zero-order valence-electron chi connectivity index (χ0n) is 13.9. The minimum atomic E-state index is -0.0640. The van der Waals surface area contributed by atoms with Crippen molar-refractivity contribution in [3.05, 3.63) is 28.7 Å². The smallest absolute Gasteiger partial charge is 0.234 e. The van der Waals surface area contributed by atoms with Crippen LogP contribution in [0, 0.1) is 0 Å². The molecule has 1 saturated heterocycles. The highest BCUT2D eigenvalue weighted by molar-refractivity contribution is 9.10. The maximum absolute atomic E-state index is 12.2. The highest BCUT2D eigenvalue weighted by atomic mass is 79.9. The number of amides is 1. The largest absolute Gasteiger partial charge is 0.378 e. The standard InChI is InChI=1S/C16H20BrN5O2S/c1-2-22-15(21-7-9-24-10-8-21)19-20-16(22)25-11-14(23)18-13-5-3-12(17)4-6-13/h3-6H,2,7-11H2,1H3,(H,18,23). The molecule has 1 aliphatic rings. The molecule has 134 valence electrons. The van der Waals surface area contributed by atoms with Crippen LogP contribution in [0.2, 0.25) is 0 Å². The van der Waals surface area contributed by atoms with E-state index in [4.69, 9.17) is 4.74 Å². The van der Waals surface area contributed by atoms with E-state index in [9.17, 15) is 4.79 Å². The van der Waals surface area contributed by atoms with Gasteiger partial charge in [-0.2, -0.15) is 0 Å².